The molecule has 38 heavy (non-hydrogen) atoms. The largest absolute Gasteiger partial charge is 0.490 e. The zero-order valence-corrected chi connectivity index (χ0v) is 23.0. The molecule has 0 aliphatic heterocycles. The Morgan fingerprint density at radius 2 is 1.63 bits per heavy atom. The average Bonchev–Trinajstić information content (AvgIpc) is 2.88. The van der Waals surface area contributed by atoms with Crippen LogP contribution in [0.1, 0.15) is 58.0 Å². The maximum Gasteiger partial charge on any atom is 0.255 e. The molecule has 0 fully saturated rings. The number of anilines is 1. The van der Waals surface area contributed by atoms with Gasteiger partial charge in [0.15, 0.2) is 11.5 Å². The molecule has 2 aromatic carbocycles. The van der Waals surface area contributed by atoms with Gasteiger partial charge in [0.2, 0.25) is 5.78 Å². The second kappa shape index (κ2) is 13.8. The molecule has 0 radical (unpaired) electrons. The lowest BCUT2D eigenvalue weighted by Gasteiger charge is -2.22. The summed E-state index contributed by atoms with van der Waals surface area (Å²) in [6.45, 7) is 14.4. The van der Waals surface area contributed by atoms with Crippen LogP contribution in [0.3, 0.4) is 0 Å². The van der Waals surface area contributed by atoms with E-state index in [1.807, 2.05) is 32.9 Å². The molecule has 0 saturated carbocycles. The van der Waals surface area contributed by atoms with Crippen molar-refractivity contribution >= 4 is 40.4 Å². The van der Waals surface area contributed by atoms with Crippen molar-refractivity contribution in [2.45, 2.75) is 49.0 Å². The predicted molar refractivity (Wildman–Crippen MR) is 156 cm³/mol. The Kier molecular flexibility index (Phi) is 11.1. The van der Waals surface area contributed by atoms with Crippen LogP contribution in [0.2, 0.25) is 0 Å². The van der Waals surface area contributed by atoms with Crippen molar-refractivity contribution in [3.63, 3.8) is 0 Å². The molecule has 1 amide bonds. The number of nitrogens with zero attached hydrogens (tertiary/aromatic N) is 2. The third kappa shape index (κ3) is 6.84. The highest BCUT2D eigenvalue weighted by atomic mass is 35.5. The molecule has 204 valence electrons. The first-order valence-electron chi connectivity index (χ1n) is 12.5. The molecule has 0 unspecified atom stereocenters. The molecule has 0 saturated heterocycles. The molecule has 7 nitrogen and oxygen atoms in total. The molecule has 0 spiro atoms. The minimum Gasteiger partial charge on any atom is -0.490 e. The predicted octanol–water partition coefficient (Wildman–Crippen LogP) is 6.76. The summed E-state index contributed by atoms with van der Waals surface area (Å²) in [4.78, 5) is 33.0. The Bertz CT molecular complexity index is 1280. The van der Waals surface area contributed by atoms with Gasteiger partial charge in [0.05, 0.1) is 35.3 Å². The van der Waals surface area contributed by atoms with Gasteiger partial charge >= 0.3 is 0 Å². The molecular formula is C30H38ClN3O4. The van der Waals surface area contributed by atoms with Gasteiger partial charge in [-0.05, 0) is 95.2 Å². The number of ether oxygens (including phenoxy) is 2. The fraction of sp³-hybridized carbons (Fsp3) is 0.367. The third-order valence-electron chi connectivity index (χ3n) is 6.04. The van der Waals surface area contributed by atoms with Gasteiger partial charge in [0, 0.05) is 24.3 Å². The Labute approximate surface area is 231 Å². The first-order valence-corrected chi connectivity index (χ1v) is 12.9. The minimum atomic E-state index is -0.466. The molecule has 0 bridgehead atoms. The molecule has 1 N–H and O–H groups in total. The number of carbonyl (C=O) groups excluding carboxylic acids is 2. The van der Waals surface area contributed by atoms with Gasteiger partial charge in [-0.25, -0.2) is 4.99 Å². The highest BCUT2D eigenvalue weighted by Gasteiger charge is 2.26. The summed E-state index contributed by atoms with van der Waals surface area (Å²) in [5, 5.41) is 2.72. The van der Waals surface area contributed by atoms with E-state index in [1.165, 1.54) is 0 Å². The zero-order chi connectivity index (χ0) is 27.1. The quantitative estimate of drug-likeness (QED) is 0.337. The Hall–Kier alpha value is -3.58. The number of carbonyl (C=O) groups is 2. The standard InChI is InChI=1S/C29H34ClN3O4.CH4/c1-7-33(8-2)21-12-13-22(18(5)15-21)31-23-17-24(28(34)27(30)19(23)6)32-29(35)20-11-14-25(36-9-3)26(16-20)37-10-4;/h11-17H,7-10H2,1-6H3,(H,32,35);1H4. The number of nitrogens with one attached hydrogen (secondary N) is 1. The fourth-order valence-electron chi connectivity index (χ4n) is 3.99. The number of aryl methyl sites for hydroxylation is 1. The summed E-state index contributed by atoms with van der Waals surface area (Å²) in [6.07, 6.45) is 1.57. The summed E-state index contributed by atoms with van der Waals surface area (Å²) >= 11 is 6.38. The second-order valence-electron chi connectivity index (χ2n) is 8.45. The second-order valence-corrected chi connectivity index (χ2v) is 8.83. The molecule has 2 aromatic rings. The van der Waals surface area contributed by atoms with E-state index in [4.69, 9.17) is 26.1 Å². The highest BCUT2D eigenvalue weighted by Crippen LogP contribution is 2.30. The molecule has 1 aliphatic rings. The van der Waals surface area contributed by atoms with Crippen molar-refractivity contribution in [3.8, 4) is 11.5 Å². The van der Waals surface area contributed by atoms with E-state index in [0.29, 0.717) is 41.6 Å². The Morgan fingerprint density at radius 3 is 2.24 bits per heavy atom. The van der Waals surface area contributed by atoms with Crippen LogP contribution in [0.15, 0.2) is 63.8 Å². The van der Waals surface area contributed by atoms with Gasteiger partial charge in [0.25, 0.3) is 5.91 Å². The number of aliphatic imine (C=N–C) groups is 1. The van der Waals surface area contributed by atoms with Gasteiger partial charge in [-0.2, -0.15) is 0 Å². The number of allylic oxidation sites excluding steroid dienone is 3. The number of halogens is 1. The summed E-state index contributed by atoms with van der Waals surface area (Å²) in [6, 6.07) is 11.0. The van der Waals surface area contributed by atoms with Crippen LogP contribution in [0.5, 0.6) is 11.5 Å². The van der Waals surface area contributed by atoms with E-state index in [-0.39, 0.29) is 18.2 Å². The maximum absolute atomic E-state index is 13.0. The van der Waals surface area contributed by atoms with Crippen LogP contribution in [-0.4, -0.2) is 43.7 Å². The fourth-order valence-corrected chi connectivity index (χ4v) is 4.19. The summed E-state index contributed by atoms with van der Waals surface area (Å²) in [7, 11) is 0. The number of benzene rings is 2. The lowest BCUT2D eigenvalue weighted by Crippen LogP contribution is -2.31. The topological polar surface area (TPSA) is 80.2 Å². The Morgan fingerprint density at radius 1 is 0.974 bits per heavy atom. The smallest absolute Gasteiger partial charge is 0.255 e. The number of Topliss-reactive ketones (excluding diaryl/α,β-unsaturated/α-hetero) is 1. The van der Waals surface area contributed by atoms with Crippen LogP contribution < -0.4 is 19.7 Å². The SMILES string of the molecule is C.CCOc1ccc(C(=O)NC2=CC(=Nc3ccc(N(CC)CC)cc3C)C(C)=C(Cl)C2=O)cc1OCC. The molecule has 3 rings (SSSR count). The van der Waals surface area contributed by atoms with Gasteiger partial charge in [-0.3, -0.25) is 9.59 Å². The summed E-state index contributed by atoms with van der Waals surface area (Å²) in [5.74, 6) is 0.0793. The van der Waals surface area contributed by atoms with Crippen molar-refractivity contribution in [3.05, 3.63) is 69.9 Å². The van der Waals surface area contributed by atoms with Gasteiger partial charge in [-0.1, -0.05) is 19.0 Å². The van der Waals surface area contributed by atoms with Crippen molar-refractivity contribution in [1.82, 2.24) is 5.32 Å². The first-order chi connectivity index (χ1) is 17.7. The van der Waals surface area contributed by atoms with Gasteiger partial charge < -0.3 is 19.7 Å². The van der Waals surface area contributed by atoms with Crippen LogP contribution >= 0.6 is 11.6 Å². The maximum atomic E-state index is 13.0. The number of rotatable bonds is 10. The number of amides is 1. The van der Waals surface area contributed by atoms with Gasteiger partial charge in [0.1, 0.15) is 0 Å². The molecule has 0 aromatic heterocycles. The number of ketones is 1. The molecule has 0 heterocycles. The van der Waals surface area contributed by atoms with Crippen molar-refractivity contribution < 1.29 is 19.1 Å². The van der Waals surface area contributed by atoms with E-state index in [9.17, 15) is 9.59 Å². The zero-order valence-electron chi connectivity index (χ0n) is 22.3. The van der Waals surface area contributed by atoms with E-state index in [0.717, 1.165) is 30.0 Å². The van der Waals surface area contributed by atoms with E-state index in [2.05, 4.69) is 30.1 Å². The summed E-state index contributed by atoms with van der Waals surface area (Å²) < 4.78 is 11.2. The lowest BCUT2D eigenvalue weighted by molar-refractivity contribution is -0.112. The first kappa shape index (κ1) is 30.6. The van der Waals surface area contributed by atoms with Crippen LogP contribution in [-0.2, 0) is 4.79 Å². The Balaban J connectivity index is 0.00000507. The average molecular weight is 540 g/mol. The normalized spacial score (nSPS) is 14.1. The van der Waals surface area contributed by atoms with Crippen LogP contribution in [0.4, 0.5) is 11.4 Å². The van der Waals surface area contributed by atoms with Crippen molar-refractivity contribution in [2.75, 3.05) is 31.2 Å². The highest BCUT2D eigenvalue weighted by molar-refractivity contribution is 6.49. The van der Waals surface area contributed by atoms with E-state index in [1.54, 1.807) is 31.2 Å². The number of hydrogen-bond acceptors (Lipinski definition) is 6. The van der Waals surface area contributed by atoms with E-state index >= 15 is 0 Å². The lowest BCUT2D eigenvalue weighted by atomic mass is 10.0. The number of hydrogen-bond donors (Lipinski definition) is 1. The monoisotopic (exact) mass is 539 g/mol. The van der Waals surface area contributed by atoms with E-state index < -0.39 is 11.7 Å². The minimum absolute atomic E-state index is 0. The van der Waals surface area contributed by atoms with Crippen LogP contribution in [0, 0.1) is 6.92 Å². The third-order valence-corrected chi connectivity index (χ3v) is 6.50. The van der Waals surface area contributed by atoms with Crippen molar-refractivity contribution in [1.29, 1.82) is 0 Å². The van der Waals surface area contributed by atoms with Crippen LogP contribution in [0.25, 0.3) is 0 Å². The summed E-state index contributed by atoms with van der Waals surface area (Å²) in [5.41, 5.74) is 4.33. The molecule has 1 aliphatic carbocycles. The molecule has 8 heteroatoms. The molecular weight excluding hydrogens is 502 g/mol. The van der Waals surface area contributed by atoms with Crippen molar-refractivity contribution in [2.24, 2.45) is 4.99 Å². The van der Waals surface area contributed by atoms with Gasteiger partial charge in [-0.15, -0.1) is 0 Å². The molecule has 0 atom stereocenters.